The molecule has 5 rings (SSSR count). The Bertz CT molecular complexity index is 1260. The van der Waals surface area contributed by atoms with E-state index in [1.54, 1.807) is 22.2 Å². The van der Waals surface area contributed by atoms with Crippen LogP contribution in [0.3, 0.4) is 0 Å². The first kappa shape index (κ1) is 15.2. The molecule has 0 amide bonds. The highest BCUT2D eigenvalue weighted by atomic mass is 32.1. The Hall–Kier alpha value is -3.06. The van der Waals surface area contributed by atoms with Gasteiger partial charge in [-0.25, -0.2) is 19.5 Å². The molecule has 1 aromatic carbocycles. The number of fused-ring (bicyclic) bond motifs is 3. The molecular formula is C19H16N6S. The monoisotopic (exact) mass is 360 g/mol. The molecule has 0 saturated heterocycles. The lowest BCUT2D eigenvalue weighted by Crippen LogP contribution is -1.98. The number of aromatic nitrogens is 6. The summed E-state index contributed by atoms with van der Waals surface area (Å²) in [7, 11) is 0. The maximum atomic E-state index is 4.83. The van der Waals surface area contributed by atoms with E-state index in [1.165, 1.54) is 5.56 Å². The molecule has 0 aliphatic rings. The van der Waals surface area contributed by atoms with Crippen LogP contribution in [0, 0.1) is 20.8 Å². The largest absolute Gasteiger partial charge is 0.273 e. The Morgan fingerprint density at radius 2 is 1.92 bits per heavy atom. The molecular weight excluding hydrogens is 344 g/mol. The molecule has 0 aliphatic heterocycles. The summed E-state index contributed by atoms with van der Waals surface area (Å²) >= 11 is 1.60. The SMILES string of the molecule is Cc1cccc(-c2nc3c4c(C)c(C)n(-c5nccs5)c4ncn3n2)c1. The van der Waals surface area contributed by atoms with Gasteiger partial charge in [-0.15, -0.1) is 16.4 Å². The highest BCUT2D eigenvalue weighted by Crippen LogP contribution is 2.31. The third kappa shape index (κ3) is 2.10. The van der Waals surface area contributed by atoms with Gasteiger partial charge in [-0.3, -0.25) is 4.57 Å². The van der Waals surface area contributed by atoms with Crippen molar-refractivity contribution in [1.82, 2.24) is 29.1 Å². The third-order valence-corrected chi connectivity index (χ3v) is 5.48. The predicted molar refractivity (Wildman–Crippen MR) is 103 cm³/mol. The second kappa shape index (κ2) is 5.47. The molecule has 0 fully saturated rings. The second-order valence-corrected chi connectivity index (χ2v) is 7.25. The van der Waals surface area contributed by atoms with Gasteiger partial charge in [0.2, 0.25) is 0 Å². The average molecular weight is 360 g/mol. The van der Waals surface area contributed by atoms with Gasteiger partial charge >= 0.3 is 0 Å². The van der Waals surface area contributed by atoms with Crippen LogP contribution < -0.4 is 0 Å². The molecule has 0 spiro atoms. The van der Waals surface area contributed by atoms with Crippen LogP contribution in [-0.2, 0) is 0 Å². The fourth-order valence-electron chi connectivity index (χ4n) is 3.33. The van der Waals surface area contributed by atoms with Crippen LogP contribution in [0.1, 0.15) is 16.8 Å². The van der Waals surface area contributed by atoms with E-state index in [0.29, 0.717) is 5.82 Å². The average Bonchev–Trinajstić information content (AvgIpc) is 3.34. The van der Waals surface area contributed by atoms with E-state index in [-0.39, 0.29) is 0 Å². The smallest absolute Gasteiger partial charge is 0.195 e. The van der Waals surface area contributed by atoms with Crippen LogP contribution in [0.5, 0.6) is 0 Å². The van der Waals surface area contributed by atoms with E-state index in [1.807, 2.05) is 23.7 Å². The van der Waals surface area contributed by atoms with E-state index < -0.39 is 0 Å². The number of aryl methyl sites for hydroxylation is 2. The van der Waals surface area contributed by atoms with Gasteiger partial charge < -0.3 is 0 Å². The highest BCUT2D eigenvalue weighted by Gasteiger charge is 2.20. The molecule has 0 atom stereocenters. The molecule has 0 radical (unpaired) electrons. The number of hydrogen-bond acceptors (Lipinski definition) is 5. The molecule has 7 heteroatoms. The molecule has 0 unspecified atom stereocenters. The normalized spacial score (nSPS) is 11.7. The Labute approximate surface area is 153 Å². The van der Waals surface area contributed by atoms with Crippen molar-refractivity contribution < 1.29 is 0 Å². The molecule has 5 aromatic rings. The fourth-order valence-corrected chi connectivity index (χ4v) is 4.02. The van der Waals surface area contributed by atoms with Crippen LogP contribution in [-0.4, -0.2) is 29.1 Å². The first-order valence-corrected chi connectivity index (χ1v) is 9.21. The summed E-state index contributed by atoms with van der Waals surface area (Å²) in [6, 6.07) is 8.22. The van der Waals surface area contributed by atoms with E-state index >= 15 is 0 Å². The van der Waals surface area contributed by atoms with Crippen molar-refractivity contribution in [2.24, 2.45) is 0 Å². The summed E-state index contributed by atoms with van der Waals surface area (Å²) in [5.41, 5.74) is 6.15. The molecule has 4 heterocycles. The van der Waals surface area contributed by atoms with Gasteiger partial charge in [0, 0.05) is 22.8 Å². The van der Waals surface area contributed by atoms with Crippen LogP contribution in [0.2, 0.25) is 0 Å². The van der Waals surface area contributed by atoms with Crippen molar-refractivity contribution in [3.63, 3.8) is 0 Å². The standard InChI is InChI=1S/C19H16N6S/c1-11-5-4-6-14(9-11)16-22-18-15-12(2)13(3)25(19-20-7-8-26-19)17(15)21-10-24(18)23-16/h4-10H,1-3H3. The van der Waals surface area contributed by atoms with Crippen molar-refractivity contribution in [2.75, 3.05) is 0 Å². The van der Waals surface area contributed by atoms with Gasteiger partial charge in [0.05, 0.1) is 5.39 Å². The zero-order valence-electron chi connectivity index (χ0n) is 14.6. The van der Waals surface area contributed by atoms with Crippen molar-refractivity contribution in [1.29, 1.82) is 0 Å². The molecule has 0 N–H and O–H groups in total. The molecule has 26 heavy (non-hydrogen) atoms. The van der Waals surface area contributed by atoms with Gasteiger partial charge in [0.25, 0.3) is 0 Å². The highest BCUT2D eigenvalue weighted by molar-refractivity contribution is 7.12. The predicted octanol–water partition coefficient (Wildman–Crippen LogP) is 4.12. The minimum Gasteiger partial charge on any atom is -0.273 e. The van der Waals surface area contributed by atoms with Gasteiger partial charge in [-0.2, -0.15) is 0 Å². The number of thiazole rings is 1. The number of rotatable bonds is 2. The minimum absolute atomic E-state index is 0.710. The van der Waals surface area contributed by atoms with Crippen molar-refractivity contribution >= 4 is 28.0 Å². The Balaban J connectivity index is 1.82. The lowest BCUT2D eigenvalue weighted by atomic mass is 10.1. The van der Waals surface area contributed by atoms with E-state index in [4.69, 9.17) is 4.98 Å². The Morgan fingerprint density at radius 3 is 2.69 bits per heavy atom. The summed E-state index contributed by atoms with van der Waals surface area (Å²) < 4.78 is 3.86. The zero-order valence-corrected chi connectivity index (χ0v) is 15.4. The number of hydrogen-bond donors (Lipinski definition) is 0. The molecule has 0 saturated carbocycles. The number of benzene rings is 1. The van der Waals surface area contributed by atoms with Gasteiger partial charge in [0.15, 0.2) is 22.3 Å². The number of nitrogens with zero attached hydrogens (tertiary/aromatic N) is 6. The van der Waals surface area contributed by atoms with Crippen molar-refractivity contribution in [2.45, 2.75) is 20.8 Å². The van der Waals surface area contributed by atoms with E-state index in [2.05, 4.69) is 52.5 Å². The summed E-state index contributed by atoms with van der Waals surface area (Å²) in [4.78, 5) is 13.9. The quantitative estimate of drug-likeness (QED) is 0.475. The first-order valence-electron chi connectivity index (χ1n) is 8.33. The zero-order chi connectivity index (χ0) is 17.8. The van der Waals surface area contributed by atoms with Crippen LogP contribution in [0.25, 0.3) is 33.2 Å². The van der Waals surface area contributed by atoms with Gasteiger partial charge in [0.1, 0.15) is 6.33 Å². The first-order chi connectivity index (χ1) is 12.6. The molecule has 0 bridgehead atoms. The van der Waals surface area contributed by atoms with E-state index in [0.717, 1.165) is 38.6 Å². The van der Waals surface area contributed by atoms with Crippen molar-refractivity contribution in [3.8, 4) is 16.5 Å². The second-order valence-electron chi connectivity index (χ2n) is 6.38. The topological polar surface area (TPSA) is 60.9 Å². The van der Waals surface area contributed by atoms with Crippen LogP contribution >= 0.6 is 11.3 Å². The molecule has 0 aliphatic carbocycles. The maximum absolute atomic E-state index is 4.83. The molecule has 4 aromatic heterocycles. The van der Waals surface area contributed by atoms with Crippen LogP contribution in [0.15, 0.2) is 42.2 Å². The minimum atomic E-state index is 0.710. The Morgan fingerprint density at radius 1 is 1.04 bits per heavy atom. The molecule has 128 valence electrons. The van der Waals surface area contributed by atoms with Crippen molar-refractivity contribution in [3.05, 3.63) is 59.0 Å². The lowest BCUT2D eigenvalue weighted by molar-refractivity contribution is 0.925. The maximum Gasteiger partial charge on any atom is 0.195 e. The molecule has 6 nitrogen and oxygen atoms in total. The summed E-state index contributed by atoms with van der Waals surface area (Å²) in [5, 5.41) is 8.54. The van der Waals surface area contributed by atoms with Crippen LogP contribution in [0.4, 0.5) is 0 Å². The Kier molecular flexibility index (Phi) is 3.20. The summed E-state index contributed by atoms with van der Waals surface area (Å²) in [6.45, 7) is 6.26. The van der Waals surface area contributed by atoms with E-state index in [9.17, 15) is 0 Å². The third-order valence-electron chi connectivity index (χ3n) is 4.72. The fraction of sp³-hybridized carbons (Fsp3) is 0.158. The summed E-state index contributed by atoms with van der Waals surface area (Å²) in [6.07, 6.45) is 3.54. The summed E-state index contributed by atoms with van der Waals surface area (Å²) in [5.74, 6) is 0.710. The van der Waals surface area contributed by atoms with Gasteiger partial charge in [-0.05, 0) is 32.4 Å². The lowest BCUT2D eigenvalue weighted by Gasteiger charge is -2.02. The van der Waals surface area contributed by atoms with Gasteiger partial charge in [-0.1, -0.05) is 23.8 Å².